The van der Waals surface area contributed by atoms with Gasteiger partial charge in [-0.2, -0.15) is 5.10 Å². The molecule has 0 saturated heterocycles. The molecule has 15 heavy (non-hydrogen) atoms. The molecule has 1 heterocycles. The molecule has 0 aliphatic carbocycles. The first kappa shape index (κ1) is 11.2. The van der Waals surface area contributed by atoms with Crippen molar-refractivity contribution in [1.29, 1.82) is 0 Å². The van der Waals surface area contributed by atoms with E-state index < -0.39 is 10.8 Å². The highest BCUT2D eigenvalue weighted by molar-refractivity contribution is 5.96. The van der Waals surface area contributed by atoms with Gasteiger partial charge in [0.2, 0.25) is 5.69 Å². The van der Waals surface area contributed by atoms with Crippen molar-refractivity contribution in [3.05, 3.63) is 22.0 Å². The molecule has 82 valence electrons. The summed E-state index contributed by atoms with van der Waals surface area (Å²) in [6.07, 6.45) is 1.85. The quantitative estimate of drug-likeness (QED) is 0.580. The number of rotatable bonds is 4. The van der Waals surface area contributed by atoms with Crippen LogP contribution >= 0.6 is 0 Å². The van der Waals surface area contributed by atoms with Gasteiger partial charge >= 0.3 is 5.69 Å². The highest BCUT2D eigenvalue weighted by atomic mass is 16.6. The second kappa shape index (κ2) is 4.54. The van der Waals surface area contributed by atoms with Crippen LogP contribution in [0.1, 0.15) is 23.8 Å². The Morgan fingerprint density at radius 2 is 2.40 bits per heavy atom. The highest BCUT2D eigenvalue weighted by Gasteiger charge is 2.24. The normalized spacial score (nSPS) is 10.0. The summed E-state index contributed by atoms with van der Waals surface area (Å²) in [5.41, 5.74) is -0.292. The van der Waals surface area contributed by atoms with Crippen LogP contribution in [0.4, 0.5) is 5.69 Å². The van der Waals surface area contributed by atoms with Crippen LogP contribution in [0.25, 0.3) is 0 Å². The molecule has 1 aromatic heterocycles. The first-order valence-corrected chi connectivity index (χ1v) is 4.52. The second-order valence-electron chi connectivity index (χ2n) is 3.02. The average molecular weight is 212 g/mol. The largest absolute Gasteiger partial charge is 0.350 e. The Balaban J connectivity index is 2.96. The van der Waals surface area contributed by atoms with E-state index in [4.69, 9.17) is 0 Å². The van der Waals surface area contributed by atoms with E-state index >= 15 is 0 Å². The molecule has 0 spiro atoms. The predicted molar refractivity (Wildman–Crippen MR) is 52.5 cm³/mol. The number of amides is 1. The fourth-order valence-corrected chi connectivity index (χ4v) is 1.15. The minimum atomic E-state index is -0.617. The zero-order chi connectivity index (χ0) is 11.4. The van der Waals surface area contributed by atoms with Gasteiger partial charge in [-0.15, -0.1) is 0 Å². The van der Waals surface area contributed by atoms with Crippen molar-refractivity contribution in [2.75, 3.05) is 6.54 Å². The third-order valence-electron chi connectivity index (χ3n) is 1.87. The molecule has 0 bridgehead atoms. The maximum absolute atomic E-state index is 11.5. The number of aromatic nitrogens is 2. The summed E-state index contributed by atoms with van der Waals surface area (Å²) >= 11 is 0. The van der Waals surface area contributed by atoms with E-state index in [2.05, 4.69) is 10.4 Å². The van der Waals surface area contributed by atoms with Gasteiger partial charge in [0.25, 0.3) is 5.91 Å². The van der Waals surface area contributed by atoms with Gasteiger partial charge < -0.3 is 5.32 Å². The molecule has 0 fully saturated rings. The van der Waals surface area contributed by atoms with Crippen LogP contribution in [0, 0.1) is 10.1 Å². The number of hydrogen-bond acceptors (Lipinski definition) is 4. The number of nitrogens with one attached hydrogen (secondary N) is 1. The van der Waals surface area contributed by atoms with Gasteiger partial charge in [0.1, 0.15) is 6.20 Å². The van der Waals surface area contributed by atoms with Crippen molar-refractivity contribution >= 4 is 11.6 Å². The van der Waals surface area contributed by atoms with Gasteiger partial charge in [0, 0.05) is 13.6 Å². The summed E-state index contributed by atoms with van der Waals surface area (Å²) in [5.74, 6) is -0.469. The number of carbonyl (C=O) groups is 1. The number of nitrogens with zero attached hydrogens (tertiary/aromatic N) is 3. The van der Waals surface area contributed by atoms with Crippen LogP contribution in [0.3, 0.4) is 0 Å². The molecule has 0 aliphatic heterocycles. The van der Waals surface area contributed by atoms with Crippen molar-refractivity contribution in [3.63, 3.8) is 0 Å². The Morgan fingerprint density at radius 1 is 1.73 bits per heavy atom. The number of hydrogen-bond donors (Lipinski definition) is 1. The van der Waals surface area contributed by atoms with Crippen molar-refractivity contribution in [1.82, 2.24) is 15.1 Å². The van der Waals surface area contributed by atoms with E-state index in [-0.39, 0.29) is 11.4 Å². The van der Waals surface area contributed by atoms with Gasteiger partial charge in [-0.05, 0) is 6.42 Å². The molecule has 1 aromatic rings. The molecule has 1 amide bonds. The average Bonchev–Trinajstić information content (AvgIpc) is 2.56. The van der Waals surface area contributed by atoms with Crippen LogP contribution in [-0.2, 0) is 7.05 Å². The molecule has 7 nitrogen and oxygen atoms in total. The Labute approximate surface area is 86.2 Å². The molecule has 1 N–H and O–H groups in total. The van der Waals surface area contributed by atoms with Gasteiger partial charge in [-0.1, -0.05) is 6.92 Å². The molecular formula is C8H12N4O3. The molecule has 0 aromatic carbocycles. The summed E-state index contributed by atoms with van der Waals surface area (Å²) in [5, 5.41) is 16.8. The first-order valence-electron chi connectivity index (χ1n) is 4.52. The summed E-state index contributed by atoms with van der Waals surface area (Å²) in [6, 6.07) is 0. The lowest BCUT2D eigenvalue weighted by molar-refractivity contribution is -0.385. The maximum Gasteiger partial charge on any atom is 0.320 e. The lowest BCUT2D eigenvalue weighted by atomic mass is 10.3. The second-order valence-corrected chi connectivity index (χ2v) is 3.02. The molecule has 0 saturated carbocycles. The van der Waals surface area contributed by atoms with Crippen LogP contribution < -0.4 is 5.32 Å². The topological polar surface area (TPSA) is 90.1 Å². The summed E-state index contributed by atoms with van der Waals surface area (Å²) in [4.78, 5) is 21.5. The minimum Gasteiger partial charge on any atom is -0.350 e. The van der Waals surface area contributed by atoms with Crippen molar-refractivity contribution < 1.29 is 9.72 Å². The summed E-state index contributed by atoms with van der Waals surface area (Å²) in [7, 11) is 1.49. The van der Waals surface area contributed by atoms with Gasteiger partial charge in [-0.3, -0.25) is 19.6 Å². The number of nitro groups is 1. The molecule has 0 aliphatic rings. The van der Waals surface area contributed by atoms with Crippen LogP contribution in [0.5, 0.6) is 0 Å². The highest BCUT2D eigenvalue weighted by Crippen LogP contribution is 2.16. The Kier molecular flexibility index (Phi) is 3.37. The molecular weight excluding hydrogens is 200 g/mol. The Morgan fingerprint density at radius 3 is 2.93 bits per heavy atom. The van der Waals surface area contributed by atoms with E-state index in [9.17, 15) is 14.9 Å². The van der Waals surface area contributed by atoms with Crippen LogP contribution in [-0.4, -0.2) is 27.2 Å². The maximum atomic E-state index is 11.5. The van der Waals surface area contributed by atoms with Crippen molar-refractivity contribution in [2.24, 2.45) is 7.05 Å². The Bertz CT molecular complexity index is 385. The molecule has 1 rings (SSSR count). The van der Waals surface area contributed by atoms with Crippen LogP contribution in [0.2, 0.25) is 0 Å². The van der Waals surface area contributed by atoms with E-state index in [1.165, 1.54) is 11.7 Å². The zero-order valence-electron chi connectivity index (χ0n) is 8.56. The van der Waals surface area contributed by atoms with E-state index in [1.54, 1.807) is 0 Å². The smallest absolute Gasteiger partial charge is 0.320 e. The van der Waals surface area contributed by atoms with E-state index in [0.717, 1.165) is 12.6 Å². The number of carbonyl (C=O) groups excluding carboxylic acids is 1. The minimum absolute atomic E-state index is 0.0200. The van der Waals surface area contributed by atoms with Gasteiger partial charge in [0.15, 0.2) is 0 Å². The van der Waals surface area contributed by atoms with Gasteiger partial charge in [0.05, 0.1) is 4.92 Å². The van der Waals surface area contributed by atoms with E-state index in [1.807, 2.05) is 6.92 Å². The summed E-state index contributed by atoms with van der Waals surface area (Å²) < 4.78 is 1.20. The van der Waals surface area contributed by atoms with Crippen molar-refractivity contribution in [2.45, 2.75) is 13.3 Å². The lowest BCUT2D eigenvalue weighted by Crippen LogP contribution is -2.26. The first-order chi connectivity index (χ1) is 7.07. The fraction of sp³-hybridized carbons (Fsp3) is 0.500. The predicted octanol–water partition coefficient (Wildman–Crippen LogP) is 0.468. The van der Waals surface area contributed by atoms with Crippen molar-refractivity contribution in [3.8, 4) is 0 Å². The SMILES string of the molecule is CCCNC(=O)c1c([N+](=O)[O-])cnn1C. The standard InChI is InChI=1S/C8H12N4O3/c1-3-4-9-8(13)7-6(12(14)15)5-10-11(7)2/h5H,3-4H2,1-2H3,(H,9,13). The lowest BCUT2D eigenvalue weighted by Gasteiger charge is -2.02. The Hall–Kier alpha value is -1.92. The molecule has 0 unspecified atom stereocenters. The number of aryl methyl sites for hydroxylation is 1. The van der Waals surface area contributed by atoms with Gasteiger partial charge in [-0.25, -0.2) is 0 Å². The summed E-state index contributed by atoms with van der Waals surface area (Å²) in [6.45, 7) is 2.39. The molecule has 0 atom stereocenters. The fourth-order valence-electron chi connectivity index (χ4n) is 1.15. The monoisotopic (exact) mass is 212 g/mol. The van der Waals surface area contributed by atoms with E-state index in [0.29, 0.717) is 6.54 Å². The van der Waals surface area contributed by atoms with Crippen LogP contribution in [0.15, 0.2) is 6.20 Å². The molecule has 0 radical (unpaired) electrons. The third kappa shape index (κ3) is 2.30. The molecule has 7 heteroatoms. The third-order valence-corrected chi connectivity index (χ3v) is 1.87. The zero-order valence-corrected chi connectivity index (χ0v) is 8.56.